The Kier molecular flexibility index (Phi) is 3.83. The zero-order valence-electron chi connectivity index (χ0n) is 12.9. The SMILES string of the molecule is CC1=CC=C(C2=C(N)C=C(c3ccc(C)cc3)CC2)CC1. The Hall–Kier alpha value is -2.02. The molecule has 0 spiro atoms. The number of aryl methyl sites for hydroxylation is 1. The second kappa shape index (κ2) is 5.77. The predicted octanol–water partition coefficient (Wildman–Crippen LogP) is 5.05. The van der Waals surface area contributed by atoms with Gasteiger partial charge in [0, 0.05) is 5.70 Å². The van der Waals surface area contributed by atoms with Gasteiger partial charge < -0.3 is 5.73 Å². The van der Waals surface area contributed by atoms with Gasteiger partial charge in [-0.1, -0.05) is 47.6 Å². The summed E-state index contributed by atoms with van der Waals surface area (Å²) in [5.74, 6) is 0. The zero-order valence-corrected chi connectivity index (χ0v) is 12.9. The molecule has 0 heterocycles. The normalized spacial score (nSPS) is 19.0. The third-order valence-electron chi connectivity index (χ3n) is 4.49. The highest BCUT2D eigenvalue weighted by Gasteiger charge is 2.17. The Morgan fingerprint density at radius 2 is 1.52 bits per heavy atom. The molecule has 1 aromatic rings. The highest BCUT2D eigenvalue weighted by molar-refractivity contribution is 5.71. The van der Waals surface area contributed by atoms with Crippen LogP contribution in [0.25, 0.3) is 5.57 Å². The fourth-order valence-corrected chi connectivity index (χ4v) is 3.09. The average Bonchev–Trinajstić information content (AvgIpc) is 2.49. The van der Waals surface area contributed by atoms with Crippen molar-refractivity contribution < 1.29 is 0 Å². The topological polar surface area (TPSA) is 26.0 Å². The van der Waals surface area contributed by atoms with Crippen molar-refractivity contribution in [3.63, 3.8) is 0 Å². The maximum Gasteiger partial charge on any atom is 0.0352 e. The lowest BCUT2D eigenvalue weighted by atomic mass is 9.84. The molecule has 3 rings (SSSR count). The minimum atomic E-state index is 0.955. The van der Waals surface area contributed by atoms with Gasteiger partial charge in [-0.15, -0.1) is 0 Å². The summed E-state index contributed by atoms with van der Waals surface area (Å²) in [6, 6.07) is 8.74. The van der Waals surface area contributed by atoms with Gasteiger partial charge in [-0.05, 0) is 67.9 Å². The highest BCUT2D eigenvalue weighted by Crippen LogP contribution is 2.35. The number of rotatable bonds is 2. The smallest absolute Gasteiger partial charge is 0.0352 e. The molecule has 1 heteroatoms. The minimum Gasteiger partial charge on any atom is -0.398 e. The number of nitrogens with two attached hydrogens (primary N) is 1. The molecule has 0 aromatic heterocycles. The van der Waals surface area contributed by atoms with Crippen LogP contribution in [0.4, 0.5) is 0 Å². The van der Waals surface area contributed by atoms with Crippen molar-refractivity contribution in [2.45, 2.75) is 39.5 Å². The molecular formula is C20H23N. The van der Waals surface area contributed by atoms with Gasteiger partial charge >= 0.3 is 0 Å². The van der Waals surface area contributed by atoms with E-state index in [1.54, 1.807) is 0 Å². The molecule has 0 fully saturated rings. The molecule has 0 atom stereocenters. The maximum atomic E-state index is 6.34. The molecule has 1 aromatic carbocycles. The van der Waals surface area contributed by atoms with Crippen LogP contribution in [0.3, 0.4) is 0 Å². The Morgan fingerprint density at radius 1 is 0.810 bits per heavy atom. The van der Waals surface area contributed by atoms with Crippen molar-refractivity contribution >= 4 is 5.57 Å². The van der Waals surface area contributed by atoms with E-state index in [9.17, 15) is 0 Å². The van der Waals surface area contributed by atoms with Gasteiger partial charge in [-0.3, -0.25) is 0 Å². The van der Waals surface area contributed by atoms with Crippen LogP contribution in [0, 0.1) is 6.92 Å². The third kappa shape index (κ3) is 3.02. The molecule has 0 aliphatic heterocycles. The van der Waals surface area contributed by atoms with Crippen LogP contribution in [0.1, 0.15) is 43.7 Å². The van der Waals surface area contributed by atoms with E-state index in [1.165, 1.54) is 33.4 Å². The van der Waals surface area contributed by atoms with Crippen molar-refractivity contribution in [3.8, 4) is 0 Å². The molecule has 0 bridgehead atoms. The van der Waals surface area contributed by atoms with Crippen molar-refractivity contribution in [3.05, 3.63) is 76.0 Å². The molecule has 2 N–H and O–H groups in total. The molecule has 0 unspecified atom stereocenters. The predicted molar refractivity (Wildman–Crippen MR) is 90.7 cm³/mol. The second-order valence-corrected chi connectivity index (χ2v) is 6.17. The van der Waals surface area contributed by atoms with E-state index in [1.807, 2.05) is 0 Å². The van der Waals surface area contributed by atoms with E-state index in [4.69, 9.17) is 5.73 Å². The summed E-state index contributed by atoms with van der Waals surface area (Å²) in [6.45, 7) is 4.32. The van der Waals surface area contributed by atoms with E-state index in [2.05, 4.69) is 56.3 Å². The van der Waals surface area contributed by atoms with Gasteiger partial charge in [-0.2, -0.15) is 0 Å². The van der Waals surface area contributed by atoms with E-state index in [-0.39, 0.29) is 0 Å². The lowest BCUT2D eigenvalue weighted by Gasteiger charge is -2.22. The molecule has 0 saturated carbocycles. The fourth-order valence-electron chi connectivity index (χ4n) is 3.09. The third-order valence-corrected chi connectivity index (χ3v) is 4.49. The Bertz CT molecular complexity index is 666. The van der Waals surface area contributed by atoms with Crippen molar-refractivity contribution in [1.29, 1.82) is 0 Å². The molecule has 0 amide bonds. The van der Waals surface area contributed by atoms with E-state index < -0.39 is 0 Å². The summed E-state index contributed by atoms with van der Waals surface area (Å²) < 4.78 is 0. The lowest BCUT2D eigenvalue weighted by molar-refractivity contribution is 0.863. The zero-order chi connectivity index (χ0) is 14.8. The van der Waals surface area contributed by atoms with Gasteiger partial charge in [0.15, 0.2) is 0 Å². The maximum absolute atomic E-state index is 6.34. The Balaban J connectivity index is 1.89. The van der Waals surface area contributed by atoms with Gasteiger partial charge in [0.1, 0.15) is 0 Å². The molecule has 0 saturated heterocycles. The van der Waals surface area contributed by atoms with E-state index in [0.29, 0.717) is 0 Å². The minimum absolute atomic E-state index is 0.955. The largest absolute Gasteiger partial charge is 0.398 e. The van der Waals surface area contributed by atoms with Crippen LogP contribution < -0.4 is 5.73 Å². The lowest BCUT2D eigenvalue weighted by Crippen LogP contribution is -2.09. The Morgan fingerprint density at radius 3 is 2.14 bits per heavy atom. The Labute approximate surface area is 127 Å². The second-order valence-electron chi connectivity index (χ2n) is 6.17. The van der Waals surface area contributed by atoms with E-state index >= 15 is 0 Å². The quantitative estimate of drug-likeness (QED) is 0.804. The summed E-state index contributed by atoms with van der Waals surface area (Å²) in [5, 5.41) is 0. The van der Waals surface area contributed by atoms with Crippen LogP contribution in [-0.2, 0) is 0 Å². The molecule has 1 nitrogen and oxygen atoms in total. The highest BCUT2D eigenvalue weighted by atomic mass is 14.6. The standard InChI is InChI=1S/C20H23N/c1-14-3-7-16(8-4-14)18-11-12-19(20(21)13-18)17-9-5-15(2)6-10-17/h3-5,7-9,13H,6,10-12,21H2,1-2H3. The van der Waals surface area contributed by atoms with Crippen LogP contribution in [0.15, 0.2) is 64.9 Å². The molecule has 21 heavy (non-hydrogen) atoms. The summed E-state index contributed by atoms with van der Waals surface area (Å²) in [6.07, 6.45) is 11.1. The van der Waals surface area contributed by atoms with Crippen LogP contribution >= 0.6 is 0 Å². The number of benzene rings is 1. The first-order valence-electron chi connectivity index (χ1n) is 7.76. The molecular weight excluding hydrogens is 254 g/mol. The fraction of sp³-hybridized carbons (Fsp3) is 0.300. The van der Waals surface area contributed by atoms with Gasteiger partial charge in [0.2, 0.25) is 0 Å². The van der Waals surface area contributed by atoms with Gasteiger partial charge in [0.05, 0.1) is 0 Å². The number of hydrogen-bond acceptors (Lipinski definition) is 1. The van der Waals surface area contributed by atoms with Crippen molar-refractivity contribution in [1.82, 2.24) is 0 Å². The summed E-state index contributed by atoms with van der Waals surface area (Å²) in [5.41, 5.74) is 15.5. The molecule has 108 valence electrons. The summed E-state index contributed by atoms with van der Waals surface area (Å²) >= 11 is 0. The monoisotopic (exact) mass is 277 g/mol. The average molecular weight is 277 g/mol. The van der Waals surface area contributed by atoms with Crippen LogP contribution in [0.5, 0.6) is 0 Å². The summed E-state index contributed by atoms with van der Waals surface area (Å²) in [4.78, 5) is 0. The number of hydrogen-bond donors (Lipinski definition) is 1. The van der Waals surface area contributed by atoms with Crippen molar-refractivity contribution in [2.24, 2.45) is 5.73 Å². The molecule has 2 aliphatic carbocycles. The van der Waals surface area contributed by atoms with Crippen LogP contribution in [0.2, 0.25) is 0 Å². The first-order valence-corrected chi connectivity index (χ1v) is 7.76. The van der Waals surface area contributed by atoms with Gasteiger partial charge in [0.25, 0.3) is 0 Å². The van der Waals surface area contributed by atoms with E-state index in [0.717, 1.165) is 31.4 Å². The summed E-state index contributed by atoms with van der Waals surface area (Å²) in [7, 11) is 0. The van der Waals surface area contributed by atoms with Crippen LogP contribution in [-0.4, -0.2) is 0 Å². The van der Waals surface area contributed by atoms with Gasteiger partial charge in [-0.25, -0.2) is 0 Å². The van der Waals surface area contributed by atoms with Crippen molar-refractivity contribution in [2.75, 3.05) is 0 Å². The molecule has 2 aliphatic rings. The first kappa shape index (κ1) is 13.9. The number of allylic oxidation sites excluding steroid dienone is 7. The molecule has 0 radical (unpaired) electrons. The first-order chi connectivity index (χ1) is 10.1.